The van der Waals surface area contributed by atoms with E-state index >= 15 is 4.39 Å². The predicted octanol–water partition coefficient (Wildman–Crippen LogP) is 7.78. The Kier molecular flexibility index (Phi) is 14.0. The van der Waals surface area contributed by atoms with Crippen molar-refractivity contribution in [1.82, 2.24) is 34.6 Å². The number of halogens is 1. The zero-order valence-corrected chi connectivity index (χ0v) is 40.5. The number of rotatable bonds is 11. The van der Waals surface area contributed by atoms with Gasteiger partial charge in [-0.1, -0.05) is 12.1 Å². The van der Waals surface area contributed by atoms with Crippen molar-refractivity contribution in [3.63, 3.8) is 0 Å². The van der Waals surface area contributed by atoms with E-state index in [1.807, 2.05) is 56.1 Å². The number of anilines is 3. The molecule has 15 nitrogen and oxygen atoms in total. The van der Waals surface area contributed by atoms with Crippen LogP contribution in [0.25, 0.3) is 22.2 Å². The molecule has 69 heavy (non-hydrogen) atoms. The number of aromatic nitrogens is 3. The summed E-state index contributed by atoms with van der Waals surface area (Å²) in [6.45, 7) is 15.2. The van der Waals surface area contributed by atoms with Gasteiger partial charge in [-0.05, 0) is 150 Å². The van der Waals surface area contributed by atoms with Crippen LogP contribution >= 0.6 is 0 Å². The van der Waals surface area contributed by atoms with Crippen LogP contribution in [0.5, 0.6) is 0 Å². The fourth-order valence-electron chi connectivity index (χ4n) is 10.5. The summed E-state index contributed by atoms with van der Waals surface area (Å²) in [6.07, 6.45) is 7.72. The van der Waals surface area contributed by atoms with E-state index in [0.29, 0.717) is 48.5 Å². The van der Waals surface area contributed by atoms with Crippen LogP contribution in [0.15, 0.2) is 79.1 Å². The van der Waals surface area contributed by atoms with Gasteiger partial charge in [-0.2, -0.15) is 0 Å². The number of hydrogen-bond donors (Lipinski definition) is 3. The van der Waals surface area contributed by atoms with E-state index < -0.39 is 17.7 Å². The van der Waals surface area contributed by atoms with Gasteiger partial charge >= 0.3 is 6.09 Å². The van der Waals surface area contributed by atoms with E-state index in [4.69, 9.17) is 9.72 Å². The number of ether oxygens (including phenoxy) is 1. The van der Waals surface area contributed by atoms with Crippen molar-refractivity contribution in [3.05, 3.63) is 102 Å². The number of fused-ring (bicyclic) bond motifs is 1. The summed E-state index contributed by atoms with van der Waals surface area (Å²) in [7, 11) is 2.07. The van der Waals surface area contributed by atoms with Gasteiger partial charge in [0.1, 0.15) is 28.9 Å². The zero-order chi connectivity index (χ0) is 48.4. The summed E-state index contributed by atoms with van der Waals surface area (Å²) in [5.74, 6) is 0.479. The van der Waals surface area contributed by atoms with Gasteiger partial charge in [-0.15, -0.1) is 0 Å². The highest BCUT2D eigenvalue weighted by molar-refractivity contribution is 6.01. The van der Waals surface area contributed by atoms with Crippen LogP contribution < -0.4 is 20.9 Å². The number of piperazine rings is 1. The molecule has 5 aromatic rings. The van der Waals surface area contributed by atoms with Gasteiger partial charge in [0.15, 0.2) is 0 Å². The fourth-order valence-corrected chi connectivity index (χ4v) is 10.5. The van der Waals surface area contributed by atoms with Crippen LogP contribution in [0.2, 0.25) is 0 Å². The Labute approximate surface area is 403 Å². The maximum atomic E-state index is 15.4. The Bertz CT molecular complexity index is 2670. The number of piperidine rings is 3. The van der Waals surface area contributed by atoms with E-state index in [1.54, 1.807) is 24.4 Å². The number of pyridine rings is 2. The number of carbonyl (C=O) groups is 4. The molecular formula is C53H65FN10O5. The fraction of sp³-hybridized carbons (Fsp3) is 0.472. The molecule has 1 unspecified atom stereocenters. The number of nitrogens with one attached hydrogen (secondary N) is 3. The monoisotopic (exact) mass is 941 g/mol. The van der Waals surface area contributed by atoms with Gasteiger partial charge in [0.05, 0.1) is 5.69 Å². The average Bonchev–Trinajstić information content (AvgIpc) is 3.64. The summed E-state index contributed by atoms with van der Waals surface area (Å²) >= 11 is 0. The second kappa shape index (κ2) is 20.3. The maximum absolute atomic E-state index is 15.4. The van der Waals surface area contributed by atoms with Crippen LogP contribution in [0.1, 0.15) is 93.8 Å². The van der Waals surface area contributed by atoms with Crippen LogP contribution in [0, 0.1) is 11.7 Å². The first kappa shape index (κ1) is 47.7. The maximum Gasteiger partial charge on any atom is 0.413 e. The van der Waals surface area contributed by atoms with Gasteiger partial charge in [-0.25, -0.2) is 19.2 Å². The average molecular weight is 941 g/mol. The summed E-state index contributed by atoms with van der Waals surface area (Å²) in [5, 5.41) is 9.17. The third-order valence-corrected chi connectivity index (χ3v) is 14.4. The first-order chi connectivity index (χ1) is 33.1. The number of nitrogens with zero attached hydrogens (tertiary/aromatic N) is 7. The molecule has 4 aliphatic heterocycles. The SMILES string of the molecule is C[C@@H]1CN(c2ccc(NC3CCC(=O)NC3=O)cc2F)CCN1CC1CCN(C(=O)c2ccc(C3CCN(Cc4cc5c(-c6ccc(NC(=O)OC(C)(C)C)nc6)ccnc5n4C)CC3)cc2)CC1. The largest absolute Gasteiger partial charge is 0.444 e. The minimum Gasteiger partial charge on any atom is -0.444 e. The second-order valence-electron chi connectivity index (χ2n) is 20.4. The lowest BCUT2D eigenvalue weighted by Crippen LogP contribution is -2.54. The molecule has 0 radical (unpaired) electrons. The van der Waals surface area contributed by atoms with E-state index in [2.05, 4.69) is 72.4 Å². The molecule has 16 heteroatoms. The molecule has 4 fully saturated rings. The summed E-state index contributed by atoms with van der Waals surface area (Å²) in [4.78, 5) is 67.9. The third kappa shape index (κ3) is 11.2. The molecule has 0 aliphatic carbocycles. The van der Waals surface area contributed by atoms with E-state index in [9.17, 15) is 19.2 Å². The quantitative estimate of drug-likeness (QED) is 0.111. The molecular weight excluding hydrogens is 876 g/mol. The minimum atomic E-state index is -0.597. The van der Waals surface area contributed by atoms with Crippen molar-refractivity contribution < 1.29 is 28.3 Å². The van der Waals surface area contributed by atoms with Crippen molar-refractivity contribution >= 4 is 52.0 Å². The molecule has 0 bridgehead atoms. The normalized spacial score (nSPS) is 20.3. The van der Waals surface area contributed by atoms with Crippen LogP contribution in [-0.4, -0.2) is 123 Å². The highest BCUT2D eigenvalue weighted by Gasteiger charge is 2.32. The summed E-state index contributed by atoms with van der Waals surface area (Å²) in [5.41, 5.74) is 6.60. The molecule has 0 spiro atoms. The molecule has 9 rings (SSSR count). The molecule has 0 saturated carbocycles. The molecule has 4 saturated heterocycles. The van der Waals surface area contributed by atoms with Crippen molar-refractivity contribution in [1.29, 1.82) is 0 Å². The van der Waals surface area contributed by atoms with E-state index in [0.717, 1.165) is 99.2 Å². The lowest BCUT2D eigenvalue weighted by atomic mass is 9.88. The molecule has 364 valence electrons. The molecule has 7 heterocycles. The Morgan fingerprint density at radius 2 is 1.65 bits per heavy atom. The summed E-state index contributed by atoms with van der Waals surface area (Å²) in [6, 6.07) is 21.0. The molecule has 3 aromatic heterocycles. The van der Waals surface area contributed by atoms with E-state index in [1.165, 1.54) is 17.3 Å². The van der Waals surface area contributed by atoms with Gasteiger partial charge in [-0.3, -0.25) is 34.8 Å². The minimum absolute atomic E-state index is 0.105. The number of likely N-dealkylation sites (tertiary alicyclic amines) is 2. The molecule has 2 atom stereocenters. The Morgan fingerprint density at radius 1 is 0.884 bits per heavy atom. The second-order valence-corrected chi connectivity index (χ2v) is 20.4. The number of carbonyl (C=O) groups excluding carboxylic acids is 4. The van der Waals surface area contributed by atoms with Crippen molar-refractivity contribution in [2.75, 3.05) is 67.9 Å². The Morgan fingerprint density at radius 3 is 2.33 bits per heavy atom. The third-order valence-electron chi connectivity index (χ3n) is 14.4. The first-order valence-electron chi connectivity index (χ1n) is 24.5. The lowest BCUT2D eigenvalue weighted by molar-refractivity contribution is -0.133. The van der Waals surface area contributed by atoms with E-state index in [-0.39, 0.29) is 36.0 Å². The Balaban J connectivity index is 0.713. The lowest BCUT2D eigenvalue weighted by Gasteiger charge is -2.43. The van der Waals surface area contributed by atoms with Crippen molar-refractivity contribution in [3.8, 4) is 11.1 Å². The van der Waals surface area contributed by atoms with Crippen molar-refractivity contribution in [2.45, 2.75) is 96.4 Å². The Hall–Kier alpha value is -6.39. The molecule has 3 N–H and O–H groups in total. The topological polar surface area (TPSA) is 157 Å². The standard InChI is InChI=1S/C53H65FN10O5/c1-34-31-64(46-13-11-40(28-44(46)54)57-45-12-15-48(65)59-50(45)66)27-26-63(34)32-35-17-24-62(25-18-35)51(67)38-8-6-36(7-9-38)37-19-22-61(23-20-37)33-41-29-43-42(16-21-55-49(43)60(41)5)39-10-14-47(56-30-39)58-52(68)69-53(2,3)4/h6-11,13-14,16,21,28-30,34-35,37,45,57H,12,15,17-20,22-27,31-33H2,1-5H3,(H,56,58,68)(H,59,65,66)/t34-,45?/m1/s1. The van der Waals surface area contributed by atoms with Gasteiger partial charge in [0.2, 0.25) is 11.8 Å². The zero-order valence-electron chi connectivity index (χ0n) is 40.5. The smallest absolute Gasteiger partial charge is 0.413 e. The highest BCUT2D eigenvalue weighted by Crippen LogP contribution is 2.34. The number of amides is 4. The predicted molar refractivity (Wildman–Crippen MR) is 266 cm³/mol. The van der Waals surface area contributed by atoms with Crippen LogP contribution in [0.4, 0.5) is 26.4 Å². The first-order valence-corrected chi connectivity index (χ1v) is 24.5. The van der Waals surface area contributed by atoms with Crippen molar-refractivity contribution in [2.24, 2.45) is 13.0 Å². The number of imide groups is 1. The number of benzene rings is 2. The highest BCUT2D eigenvalue weighted by atomic mass is 19.1. The van der Waals surface area contributed by atoms with Gasteiger partial charge < -0.3 is 24.4 Å². The van der Waals surface area contributed by atoms with Gasteiger partial charge in [0, 0.05) is 106 Å². The molecule has 2 aromatic carbocycles. The summed E-state index contributed by atoms with van der Waals surface area (Å²) < 4.78 is 22.9. The number of aryl methyl sites for hydroxylation is 1. The number of hydrogen-bond acceptors (Lipinski definition) is 11. The molecule has 4 aliphatic rings. The van der Waals surface area contributed by atoms with Crippen LogP contribution in [-0.2, 0) is 27.9 Å². The van der Waals surface area contributed by atoms with Crippen LogP contribution in [0.3, 0.4) is 0 Å². The van der Waals surface area contributed by atoms with Gasteiger partial charge in [0.25, 0.3) is 5.91 Å². The molecule has 4 amide bonds.